The number of carbonyl (C=O) groups excluding carboxylic acids is 1. The summed E-state index contributed by atoms with van der Waals surface area (Å²) in [5.41, 5.74) is 1.96. The summed E-state index contributed by atoms with van der Waals surface area (Å²) in [6.45, 7) is 3.98. The SMILES string of the molecule is CCc1ccc(N(CCNS(=O)(=O)N(C)C)C(C)=O)cc1. The Morgan fingerprint density at radius 3 is 2.19 bits per heavy atom. The number of hydrogen-bond donors (Lipinski definition) is 1. The van der Waals surface area contributed by atoms with Gasteiger partial charge in [-0.1, -0.05) is 19.1 Å². The predicted molar refractivity (Wildman–Crippen MR) is 84.5 cm³/mol. The van der Waals surface area contributed by atoms with E-state index in [0.717, 1.165) is 16.4 Å². The minimum atomic E-state index is -3.47. The molecule has 0 aliphatic carbocycles. The third-order valence-corrected chi connectivity index (χ3v) is 4.67. The molecule has 118 valence electrons. The number of benzene rings is 1. The van der Waals surface area contributed by atoms with Crippen molar-refractivity contribution in [3.05, 3.63) is 29.8 Å². The third-order valence-electron chi connectivity index (χ3n) is 3.14. The Bertz CT molecular complexity index is 568. The number of anilines is 1. The van der Waals surface area contributed by atoms with E-state index in [1.54, 1.807) is 4.90 Å². The van der Waals surface area contributed by atoms with Crippen LogP contribution in [-0.2, 0) is 21.4 Å². The van der Waals surface area contributed by atoms with Crippen molar-refractivity contribution >= 4 is 21.8 Å². The summed E-state index contributed by atoms with van der Waals surface area (Å²) in [4.78, 5) is 13.3. The maximum absolute atomic E-state index is 11.7. The molecule has 0 radical (unpaired) electrons. The van der Waals surface area contributed by atoms with Crippen LogP contribution in [0.1, 0.15) is 19.4 Å². The van der Waals surface area contributed by atoms with E-state index >= 15 is 0 Å². The molecule has 0 saturated heterocycles. The molecule has 6 nitrogen and oxygen atoms in total. The fourth-order valence-corrected chi connectivity index (χ4v) is 2.40. The first-order valence-electron chi connectivity index (χ1n) is 6.82. The van der Waals surface area contributed by atoms with E-state index < -0.39 is 10.2 Å². The van der Waals surface area contributed by atoms with E-state index in [1.807, 2.05) is 24.3 Å². The summed E-state index contributed by atoms with van der Waals surface area (Å²) in [6, 6.07) is 7.69. The Labute approximate surface area is 126 Å². The molecule has 21 heavy (non-hydrogen) atoms. The minimum Gasteiger partial charge on any atom is -0.311 e. The fraction of sp³-hybridized carbons (Fsp3) is 0.500. The molecule has 0 fully saturated rings. The highest BCUT2D eigenvalue weighted by atomic mass is 32.2. The van der Waals surface area contributed by atoms with E-state index in [1.165, 1.54) is 26.6 Å². The van der Waals surface area contributed by atoms with Crippen LogP contribution in [0.2, 0.25) is 0 Å². The van der Waals surface area contributed by atoms with Gasteiger partial charge in [-0.3, -0.25) is 4.79 Å². The lowest BCUT2D eigenvalue weighted by Gasteiger charge is -2.22. The van der Waals surface area contributed by atoms with Crippen molar-refractivity contribution in [2.75, 3.05) is 32.1 Å². The van der Waals surface area contributed by atoms with Crippen LogP contribution in [0.25, 0.3) is 0 Å². The van der Waals surface area contributed by atoms with Crippen LogP contribution in [0.3, 0.4) is 0 Å². The number of nitrogens with zero attached hydrogens (tertiary/aromatic N) is 2. The van der Waals surface area contributed by atoms with Crippen LogP contribution in [-0.4, -0.2) is 45.8 Å². The van der Waals surface area contributed by atoms with Crippen molar-refractivity contribution in [2.45, 2.75) is 20.3 Å². The van der Waals surface area contributed by atoms with Crippen LogP contribution in [0.15, 0.2) is 24.3 Å². The van der Waals surface area contributed by atoms with Crippen LogP contribution >= 0.6 is 0 Å². The lowest BCUT2D eigenvalue weighted by atomic mass is 10.1. The first-order chi connectivity index (χ1) is 9.77. The first kappa shape index (κ1) is 17.6. The van der Waals surface area contributed by atoms with Crippen LogP contribution in [0.4, 0.5) is 5.69 Å². The highest BCUT2D eigenvalue weighted by molar-refractivity contribution is 7.87. The number of amides is 1. The number of nitrogens with one attached hydrogen (secondary N) is 1. The summed E-state index contributed by atoms with van der Waals surface area (Å²) in [5, 5.41) is 0. The third kappa shape index (κ3) is 5.11. The second-order valence-electron chi connectivity index (χ2n) is 4.87. The van der Waals surface area contributed by atoms with Crippen molar-refractivity contribution < 1.29 is 13.2 Å². The summed E-state index contributed by atoms with van der Waals surface area (Å²) >= 11 is 0. The Kier molecular flexibility index (Phi) is 6.32. The summed E-state index contributed by atoms with van der Waals surface area (Å²) in [5.74, 6) is -0.122. The average molecular weight is 313 g/mol. The normalized spacial score (nSPS) is 11.7. The maximum Gasteiger partial charge on any atom is 0.278 e. The Hall–Kier alpha value is -1.44. The van der Waals surface area contributed by atoms with Gasteiger partial charge in [-0.15, -0.1) is 0 Å². The van der Waals surface area contributed by atoms with Gasteiger partial charge in [-0.25, -0.2) is 4.72 Å². The van der Waals surface area contributed by atoms with Crippen LogP contribution in [0.5, 0.6) is 0 Å². The van der Waals surface area contributed by atoms with E-state index in [2.05, 4.69) is 11.6 Å². The molecular formula is C14H23N3O3S. The number of carbonyl (C=O) groups is 1. The van der Waals surface area contributed by atoms with Crippen molar-refractivity contribution in [1.29, 1.82) is 0 Å². The summed E-state index contributed by atoms with van der Waals surface area (Å²) in [7, 11) is -0.561. The van der Waals surface area contributed by atoms with Gasteiger partial charge in [0.2, 0.25) is 5.91 Å². The smallest absolute Gasteiger partial charge is 0.278 e. The topological polar surface area (TPSA) is 69.7 Å². The molecule has 0 aliphatic heterocycles. The van der Waals surface area contributed by atoms with E-state index in [4.69, 9.17) is 0 Å². The molecule has 0 saturated carbocycles. The molecule has 0 heterocycles. The van der Waals surface area contributed by atoms with Crippen molar-refractivity contribution in [2.24, 2.45) is 0 Å². The highest BCUT2D eigenvalue weighted by Crippen LogP contribution is 2.15. The van der Waals surface area contributed by atoms with Crippen molar-refractivity contribution in [1.82, 2.24) is 9.03 Å². The zero-order valence-electron chi connectivity index (χ0n) is 13.0. The molecule has 7 heteroatoms. The van der Waals surface area contributed by atoms with Gasteiger partial charge in [0.15, 0.2) is 0 Å². The molecule has 1 amide bonds. The first-order valence-corrected chi connectivity index (χ1v) is 8.26. The Balaban J connectivity index is 2.72. The minimum absolute atomic E-state index is 0.122. The fourth-order valence-electron chi connectivity index (χ4n) is 1.80. The van der Waals surface area contributed by atoms with Gasteiger partial charge in [-0.05, 0) is 24.1 Å². The molecule has 1 aromatic carbocycles. The zero-order valence-corrected chi connectivity index (χ0v) is 13.8. The Morgan fingerprint density at radius 1 is 1.19 bits per heavy atom. The molecule has 0 unspecified atom stereocenters. The molecule has 0 aliphatic rings. The maximum atomic E-state index is 11.7. The molecule has 0 bridgehead atoms. The molecular weight excluding hydrogens is 290 g/mol. The molecule has 1 rings (SSSR count). The molecule has 1 N–H and O–H groups in total. The monoisotopic (exact) mass is 313 g/mol. The molecule has 0 atom stereocenters. The second kappa shape index (κ2) is 7.53. The van der Waals surface area contributed by atoms with Gasteiger partial charge in [0.05, 0.1) is 0 Å². The van der Waals surface area contributed by atoms with E-state index in [9.17, 15) is 13.2 Å². The van der Waals surface area contributed by atoms with Crippen LogP contribution in [0, 0.1) is 0 Å². The van der Waals surface area contributed by atoms with Gasteiger partial charge in [0.1, 0.15) is 0 Å². The second-order valence-corrected chi connectivity index (χ2v) is 6.84. The number of hydrogen-bond acceptors (Lipinski definition) is 3. The molecule has 1 aromatic rings. The van der Waals surface area contributed by atoms with E-state index in [0.29, 0.717) is 0 Å². The lowest BCUT2D eigenvalue weighted by molar-refractivity contribution is -0.116. The van der Waals surface area contributed by atoms with Crippen molar-refractivity contribution in [3.8, 4) is 0 Å². The summed E-state index contributed by atoms with van der Waals surface area (Å²) in [6.07, 6.45) is 0.934. The number of rotatable bonds is 7. The zero-order chi connectivity index (χ0) is 16.0. The Morgan fingerprint density at radius 2 is 1.76 bits per heavy atom. The molecule has 0 aromatic heterocycles. The largest absolute Gasteiger partial charge is 0.311 e. The lowest BCUT2D eigenvalue weighted by Crippen LogP contribution is -2.41. The van der Waals surface area contributed by atoms with Crippen LogP contribution < -0.4 is 9.62 Å². The van der Waals surface area contributed by atoms with Gasteiger partial charge in [0.25, 0.3) is 10.2 Å². The highest BCUT2D eigenvalue weighted by Gasteiger charge is 2.15. The van der Waals surface area contributed by atoms with Gasteiger partial charge in [0, 0.05) is 39.8 Å². The van der Waals surface area contributed by atoms with Gasteiger partial charge >= 0.3 is 0 Å². The van der Waals surface area contributed by atoms with Gasteiger partial charge < -0.3 is 4.90 Å². The quantitative estimate of drug-likeness (QED) is 0.816. The van der Waals surface area contributed by atoms with Gasteiger partial charge in [-0.2, -0.15) is 12.7 Å². The standard InChI is InChI=1S/C14H23N3O3S/c1-5-13-6-8-14(9-7-13)17(12(2)18)11-10-15-21(19,20)16(3)4/h6-9,15H,5,10-11H2,1-4H3. The summed E-state index contributed by atoms with van der Waals surface area (Å²) < 4.78 is 26.8. The van der Waals surface area contributed by atoms with Crippen molar-refractivity contribution in [3.63, 3.8) is 0 Å². The number of aryl methyl sites for hydroxylation is 1. The molecule has 0 spiro atoms. The predicted octanol–water partition coefficient (Wildman–Crippen LogP) is 0.998. The van der Waals surface area contributed by atoms with E-state index in [-0.39, 0.29) is 19.0 Å². The average Bonchev–Trinajstić information content (AvgIpc) is 2.43.